The molecule has 0 radical (unpaired) electrons. The van der Waals surface area contributed by atoms with E-state index in [9.17, 15) is 14.4 Å². The summed E-state index contributed by atoms with van der Waals surface area (Å²) >= 11 is 18.5. The van der Waals surface area contributed by atoms with Gasteiger partial charge >= 0.3 is 5.69 Å². The van der Waals surface area contributed by atoms with E-state index in [1.54, 1.807) is 0 Å². The highest BCUT2D eigenvalue weighted by molar-refractivity contribution is 6.37. The Hall–Kier alpha value is -2.75. The van der Waals surface area contributed by atoms with Crippen LogP contribution in [-0.2, 0) is 0 Å². The van der Waals surface area contributed by atoms with Crippen LogP contribution < -0.4 is 27.3 Å². The number of nitrogens with one attached hydrogen (secondary N) is 1. The number of nitrogens with two attached hydrogens (primary N) is 1. The van der Waals surface area contributed by atoms with E-state index in [1.807, 2.05) is 18.8 Å². The van der Waals surface area contributed by atoms with Gasteiger partial charge < -0.3 is 15.0 Å². The zero-order chi connectivity index (χ0) is 21.5. The van der Waals surface area contributed by atoms with Crippen molar-refractivity contribution in [3.8, 4) is 17.2 Å². The van der Waals surface area contributed by atoms with Gasteiger partial charge in [-0.05, 0) is 26.0 Å². The second-order valence-electron chi connectivity index (χ2n) is 6.23. The van der Waals surface area contributed by atoms with Gasteiger partial charge in [0, 0.05) is 12.1 Å². The van der Waals surface area contributed by atoms with Crippen LogP contribution in [0.15, 0.2) is 38.8 Å². The Balaban J connectivity index is 2.06. The third kappa shape index (κ3) is 4.16. The molecule has 0 aliphatic heterocycles. The van der Waals surface area contributed by atoms with Crippen LogP contribution in [0.3, 0.4) is 0 Å². The topological polar surface area (TPSA) is 125 Å². The molecule has 0 bridgehead atoms. The van der Waals surface area contributed by atoms with Gasteiger partial charge in [0.1, 0.15) is 10.8 Å². The molecule has 3 rings (SSSR count). The highest BCUT2D eigenvalue weighted by atomic mass is 35.5. The van der Waals surface area contributed by atoms with Crippen molar-refractivity contribution in [3.63, 3.8) is 0 Å². The number of rotatable bonds is 4. The fourth-order valence-corrected chi connectivity index (χ4v) is 3.21. The largest absolute Gasteiger partial charge is 0.453 e. The molecule has 12 heteroatoms. The van der Waals surface area contributed by atoms with Gasteiger partial charge in [-0.25, -0.2) is 4.79 Å². The van der Waals surface area contributed by atoms with Gasteiger partial charge in [-0.2, -0.15) is 4.68 Å². The van der Waals surface area contributed by atoms with Crippen LogP contribution in [-0.4, -0.2) is 19.3 Å². The van der Waals surface area contributed by atoms with Gasteiger partial charge in [0.15, 0.2) is 5.75 Å². The Kier molecular flexibility index (Phi) is 5.74. The van der Waals surface area contributed by atoms with Gasteiger partial charge in [-0.1, -0.05) is 34.8 Å². The summed E-state index contributed by atoms with van der Waals surface area (Å²) in [4.78, 5) is 37.5. The van der Waals surface area contributed by atoms with E-state index < -0.39 is 17.1 Å². The number of anilines is 1. The van der Waals surface area contributed by atoms with Crippen molar-refractivity contribution in [2.75, 3.05) is 5.73 Å². The first-order valence-corrected chi connectivity index (χ1v) is 9.30. The fraction of sp³-hybridized carbons (Fsp3) is 0.176. The first-order valence-electron chi connectivity index (χ1n) is 8.16. The minimum absolute atomic E-state index is 0.0282. The Bertz CT molecular complexity index is 1260. The summed E-state index contributed by atoms with van der Waals surface area (Å²) in [6, 6.07) is 3.91. The molecule has 0 unspecified atom stereocenters. The highest BCUT2D eigenvalue weighted by Gasteiger charge is 2.16. The van der Waals surface area contributed by atoms with Gasteiger partial charge in [-0.15, -0.1) is 5.10 Å². The summed E-state index contributed by atoms with van der Waals surface area (Å²) in [6.45, 7) is 3.63. The number of halogens is 3. The lowest BCUT2D eigenvalue weighted by Crippen LogP contribution is -2.33. The van der Waals surface area contributed by atoms with E-state index >= 15 is 0 Å². The molecular formula is C17H14Cl3N5O4. The lowest BCUT2D eigenvalue weighted by molar-refractivity contribution is 0.465. The molecule has 0 aliphatic carbocycles. The lowest BCUT2D eigenvalue weighted by atomic mass is 10.3. The molecule has 2 heterocycles. The molecule has 3 aromatic rings. The van der Waals surface area contributed by atoms with E-state index in [0.29, 0.717) is 0 Å². The number of benzene rings is 1. The predicted molar refractivity (Wildman–Crippen MR) is 111 cm³/mol. The van der Waals surface area contributed by atoms with Crippen molar-refractivity contribution >= 4 is 40.6 Å². The molecule has 0 spiro atoms. The second-order valence-corrected chi connectivity index (χ2v) is 7.45. The number of nitrogen functional groups attached to an aromatic ring is 1. The number of hydrogen-bond donors (Lipinski definition) is 2. The van der Waals surface area contributed by atoms with Crippen molar-refractivity contribution in [2.24, 2.45) is 0 Å². The molecule has 0 saturated carbocycles. The summed E-state index contributed by atoms with van der Waals surface area (Å²) in [5.41, 5.74) is 3.63. The Morgan fingerprint density at radius 1 is 1.07 bits per heavy atom. The number of aromatic amines is 1. The number of ether oxygens (including phenoxy) is 1. The minimum Gasteiger partial charge on any atom is -0.453 e. The molecule has 9 nitrogen and oxygen atoms in total. The van der Waals surface area contributed by atoms with Crippen molar-refractivity contribution in [3.05, 3.63) is 70.7 Å². The number of H-pyrrole nitrogens is 1. The monoisotopic (exact) mass is 457 g/mol. The molecule has 0 saturated heterocycles. The molecule has 0 fully saturated rings. The number of hydrogen-bond acceptors (Lipinski definition) is 6. The van der Waals surface area contributed by atoms with Crippen LogP contribution in [0.2, 0.25) is 15.1 Å². The summed E-state index contributed by atoms with van der Waals surface area (Å²) in [5.74, 6) is -0.0845. The van der Waals surface area contributed by atoms with Crippen molar-refractivity contribution < 1.29 is 4.74 Å². The number of nitrogens with zero attached hydrogens (tertiary/aromatic N) is 3. The van der Waals surface area contributed by atoms with E-state index in [0.717, 1.165) is 4.68 Å². The van der Waals surface area contributed by atoms with Crippen molar-refractivity contribution in [1.82, 2.24) is 19.3 Å². The maximum absolute atomic E-state index is 12.1. The maximum atomic E-state index is 12.1. The molecule has 3 N–H and O–H groups in total. The van der Waals surface area contributed by atoms with Crippen LogP contribution in [0.4, 0.5) is 5.82 Å². The molecule has 1 aromatic carbocycles. The number of pyridine rings is 1. The van der Waals surface area contributed by atoms with Crippen LogP contribution in [0, 0.1) is 0 Å². The summed E-state index contributed by atoms with van der Waals surface area (Å²) in [7, 11) is 0. The molecule has 0 amide bonds. The van der Waals surface area contributed by atoms with Crippen molar-refractivity contribution in [1.29, 1.82) is 0 Å². The summed E-state index contributed by atoms with van der Waals surface area (Å²) < 4.78 is 7.98. The van der Waals surface area contributed by atoms with E-state index in [-0.39, 0.29) is 43.9 Å². The van der Waals surface area contributed by atoms with Gasteiger partial charge in [-0.3, -0.25) is 14.6 Å². The quantitative estimate of drug-likeness (QED) is 0.619. The van der Waals surface area contributed by atoms with E-state index in [1.165, 1.54) is 29.0 Å². The zero-order valence-corrected chi connectivity index (χ0v) is 17.3. The standard InChI is InChI=1S/C17H14Cl3N5O4/c1-7(2)24-6-9(5-12(20)16(24)27)29-13-10(18)3-8(4-11(13)19)25-17(28)22-15(26)14(21)23-25/h3-7H,1-2H3,(H2,21,23)(H,22,26,28). The molecule has 29 heavy (non-hydrogen) atoms. The van der Waals surface area contributed by atoms with Crippen LogP contribution >= 0.6 is 34.8 Å². The average molecular weight is 459 g/mol. The van der Waals surface area contributed by atoms with Gasteiger partial charge in [0.2, 0.25) is 5.82 Å². The summed E-state index contributed by atoms with van der Waals surface area (Å²) in [6.07, 6.45) is 1.48. The van der Waals surface area contributed by atoms with Gasteiger partial charge in [0.25, 0.3) is 11.1 Å². The second kappa shape index (κ2) is 7.94. The van der Waals surface area contributed by atoms with Crippen LogP contribution in [0.5, 0.6) is 11.5 Å². The smallest absolute Gasteiger partial charge is 0.349 e. The van der Waals surface area contributed by atoms with E-state index in [4.69, 9.17) is 45.3 Å². The molecular weight excluding hydrogens is 445 g/mol. The van der Waals surface area contributed by atoms with Crippen LogP contribution in [0.1, 0.15) is 19.9 Å². The zero-order valence-electron chi connectivity index (χ0n) is 15.1. The SMILES string of the molecule is CC(C)n1cc(Oc2c(Cl)cc(-n3nc(N)c(=O)[nH]c3=O)cc2Cl)cc(Cl)c1=O. The predicted octanol–water partition coefficient (Wildman–Crippen LogP) is 3.00. The van der Waals surface area contributed by atoms with Crippen molar-refractivity contribution in [2.45, 2.75) is 19.9 Å². The average Bonchev–Trinajstić information content (AvgIpc) is 2.63. The third-order valence-corrected chi connectivity index (χ3v) is 4.66. The molecule has 2 aromatic heterocycles. The third-order valence-electron chi connectivity index (χ3n) is 3.83. The highest BCUT2D eigenvalue weighted by Crippen LogP contribution is 2.38. The van der Waals surface area contributed by atoms with Gasteiger partial charge in [0.05, 0.1) is 21.9 Å². The first kappa shape index (κ1) is 21.0. The fourth-order valence-electron chi connectivity index (χ4n) is 2.45. The molecule has 152 valence electrons. The van der Waals surface area contributed by atoms with Crippen LogP contribution in [0.25, 0.3) is 5.69 Å². The lowest BCUT2D eigenvalue weighted by Gasteiger charge is -2.15. The first-order chi connectivity index (χ1) is 13.6. The molecule has 0 aliphatic rings. The minimum atomic E-state index is -0.819. The Morgan fingerprint density at radius 2 is 1.69 bits per heavy atom. The Morgan fingerprint density at radius 3 is 2.28 bits per heavy atom. The molecule has 0 atom stereocenters. The normalized spacial score (nSPS) is 11.1. The summed E-state index contributed by atoms with van der Waals surface area (Å²) in [5, 5.41) is 3.78. The van der Waals surface area contributed by atoms with E-state index in [2.05, 4.69) is 5.10 Å². The number of aromatic nitrogens is 4. The Labute approximate surface area is 178 Å². The maximum Gasteiger partial charge on any atom is 0.349 e.